The second-order valence-corrected chi connectivity index (χ2v) is 23.9. The smallest absolute Gasteiger partial charge is 0.249 e. The number of ketones is 1. The molecule has 8 aliphatic carbocycles. The van der Waals surface area contributed by atoms with Gasteiger partial charge in [0, 0.05) is 28.9 Å². The monoisotopic (exact) mass is 968 g/mol. The Hall–Kier alpha value is -2.20. The predicted molar refractivity (Wildman–Crippen MR) is 261 cm³/mol. The molecule has 2 aromatic rings. The molecular weight excluding hydrogens is 885 g/mol. The van der Waals surface area contributed by atoms with Gasteiger partial charge in [-0.05, 0) is 248 Å². The Morgan fingerprint density at radius 1 is 0.585 bits per heavy atom. The molecule has 0 spiro atoms. The van der Waals surface area contributed by atoms with Crippen LogP contribution in [0, 0.1) is 93.5 Å². The van der Waals surface area contributed by atoms with Gasteiger partial charge in [-0.15, -0.1) is 0 Å². The lowest BCUT2D eigenvalue weighted by Gasteiger charge is -2.56. The highest BCUT2D eigenvalue weighted by Gasteiger charge is 2.61. The van der Waals surface area contributed by atoms with Crippen LogP contribution in [0.4, 0.5) is 8.78 Å². The van der Waals surface area contributed by atoms with E-state index in [1.54, 1.807) is 38.4 Å². The first-order valence-corrected chi connectivity index (χ1v) is 25.6. The summed E-state index contributed by atoms with van der Waals surface area (Å²) in [5, 5.41) is 22.5. The fourth-order valence-electron chi connectivity index (χ4n) is 16.6. The highest BCUT2D eigenvalue weighted by Crippen LogP contribution is 2.66. The van der Waals surface area contributed by atoms with Gasteiger partial charge in [-0.1, -0.05) is 44.6 Å². The van der Waals surface area contributed by atoms with Crippen molar-refractivity contribution in [2.75, 3.05) is 14.2 Å². The molecule has 8 saturated carbocycles. The molecule has 9 heteroatoms. The Balaban J connectivity index is 0.000000180. The molecule has 2 N–H and O–H groups in total. The molecular formula is C56H84BrF2NO5. The maximum absolute atomic E-state index is 13.3. The summed E-state index contributed by atoms with van der Waals surface area (Å²) in [5.74, 6) is 7.69. The average Bonchev–Trinajstić information content (AvgIpc) is 3.80. The van der Waals surface area contributed by atoms with Crippen LogP contribution in [0.5, 0.6) is 0 Å². The van der Waals surface area contributed by atoms with E-state index in [0.29, 0.717) is 23.3 Å². The maximum atomic E-state index is 13.3. The van der Waals surface area contributed by atoms with Crippen LogP contribution < -0.4 is 0 Å². The van der Waals surface area contributed by atoms with Crippen molar-refractivity contribution in [3.8, 4) is 0 Å². The number of nitrogens with zero attached hydrogens (tertiary/aromatic N) is 1. The summed E-state index contributed by atoms with van der Waals surface area (Å²) in [4.78, 5) is 31.4. The SMILES string of the molecule is C.C.CON(C)C(=O)[C@H]1CC[C@H]2[C@@H]3CC[C@@H]4C[C@](C)(O)CC[C@@H]4[C@H]3CC[C@]12C.C[C@@]1(O)CC[C@H]2[C@H](CC[C@@H]3[C@@H]2CC[C@]2(C)[C@@H](C(=O)c4ccc(F)cc4)CC[C@@H]32)C1.Fc1ccc(Br)cc1. The number of halogens is 3. The molecule has 0 aliphatic heterocycles. The van der Waals surface area contributed by atoms with E-state index in [1.165, 1.54) is 100.0 Å². The summed E-state index contributed by atoms with van der Waals surface area (Å²) in [5.41, 5.74) is 0.0282. The topological polar surface area (TPSA) is 87.1 Å². The molecule has 0 saturated heterocycles. The zero-order valence-corrected chi connectivity index (χ0v) is 40.6. The van der Waals surface area contributed by atoms with Crippen LogP contribution in [-0.4, -0.2) is 52.3 Å². The van der Waals surface area contributed by atoms with Crippen LogP contribution in [0.1, 0.15) is 168 Å². The van der Waals surface area contributed by atoms with Crippen molar-refractivity contribution >= 4 is 27.6 Å². The summed E-state index contributed by atoms with van der Waals surface area (Å²) < 4.78 is 26.3. The van der Waals surface area contributed by atoms with Crippen LogP contribution in [-0.2, 0) is 9.63 Å². The molecule has 8 aliphatic rings. The van der Waals surface area contributed by atoms with Gasteiger partial charge in [-0.2, -0.15) is 0 Å². The largest absolute Gasteiger partial charge is 0.390 e. The number of hydrogen-bond acceptors (Lipinski definition) is 5. The fourth-order valence-corrected chi connectivity index (χ4v) is 16.8. The number of hydrogen-bond donors (Lipinski definition) is 2. The van der Waals surface area contributed by atoms with Crippen molar-refractivity contribution in [2.45, 2.75) is 169 Å². The minimum absolute atomic E-state index is 0. The molecule has 0 radical (unpaired) electrons. The number of hydroxylamine groups is 2. The van der Waals surface area contributed by atoms with E-state index < -0.39 is 11.2 Å². The Kier molecular flexibility index (Phi) is 16.4. The van der Waals surface area contributed by atoms with Gasteiger partial charge in [-0.3, -0.25) is 14.4 Å². The lowest BCUT2D eigenvalue weighted by molar-refractivity contribution is -0.180. The summed E-state index contributed by atoms with van der Waals surface area (Å²) in [6.07, 6.45) is 20.7. The average molecular weight is 969 g/mol. The number of rotatable bonds is 4. The van der Waals surface area contributed by atoms with Gasteiger partial charge in [0.2, 0.25) is 5.91 Å². The highest BCUT2D eigenvalue weighted by atomic mass is 79.9. The van der Waals surface area contributed by atoms with Crippen molar-refractivity contribution in [3.05, 3.63) is 70.2 Å². The number of carbonyl (C=O) groups is 2. The fraction of sp³-hybridized carbons (Fsp3) is 0.750. The number of carbonyl (C=O) groups excluding carboxylic acids is 2. The molecule has 0 bridgehead atoms. The third-order valence-electron chi connectivity index (χ3n) is 19.6. The van der Waals surface area contributed by atoms with Gasteiger partial charge in [0.1, 0.15) is 11.6 Å². The van der Waals surface area contributed by atoms with E-state index in [4.69, 9.17) is 4.84 Å². The van der Waals surface area contributed by atoms with E-state index in [1.807, 2.05) is 13.8 Å². The summed E-state index contributed by atoms with van der Waals surface area (Å²) >= 11 is 3.18. The molecule has 0 aromatic heterocycles. The first kappa shape index (κ1) is 52.2. The van der Waals surface area contributed by atoms with Gasteiger partial charge < -0.3 is 10.2 Å². The van der Waals surface area contributed by atoms with E-state index in [0.717, 1.165) is 90.8 Å². The molecule has 2 aromatic carbocycles. The molecule has 8 fully saturated rings. The third kappa shape index (κ3) is 10.4. The molecule has 1 amide bonds. The van der Waals surface area contributed by atoms with Crippen LogP contribution in [0.3, 0.4) is 0 Å². The first-order chi connectivity index (χ1) is 29.8. The zero-order valence-electron chi connectivity index (χ0n) is 39.0. The molecule has 0 unspecified atom stereocenters. The molecule has 364 valence electrons. The Morgan fingerprint density at radius 2 is 1.00 bits per heavy atom. The summed E-state index contributed by atoms with van der Waals surface area (Å²) in [6.45, 7) is 8.83. The Bertz CT molecular complexity index is 1900. The normalized spacial score (nSPS) is 42.1. The summed E-state index contributed by atoms with van der Waals surface area (Å²) in [6, 6.07) is 12.3. The van der Waals surface area contributed by atoms with Gasteiger partial charge >= 0.3 is 0 Å². The second-order valence-electron chi connectivity index (χ2n) is 23.0. The predicted octanol–water partition coefficient (Wildman–Crippen LogP) is 13.9. The van der Waals surface area contributed by atoms with E-state index in [9.17, 15) is 28.6 Å². The van der Waals surface area contributed by atoms with Crippen LogP contribution in [0.2, 0.25) is 0 Å². The third-order valence-corrected chi connectivity index (χ3v) is 20.1. The van der Waals surface area contributed by atoms with Gasteiger partial charge in [0.05, 0.1) is 18.3 Å². The molecule has 6 nitrogen and oxygen atoms in total. The van der Waals surface area contributed by atoms with Crippen molar-refractivity contribution in [3.63, 3.8) is 0 Å². The number of Topliss-reactive ketones (excluding diaryl/α,β-unsaturated/α-hetero) is 1. The van der Waals surface area contributed by atoms with Crippen molar-refractivity contribution in [1.82, 2.24) is 5.06 Å². The van der Waals surface area contributed by atoms with Crippen LogP contribution in [0.25, 0.3) is 0 Å². The standard InChI is InChI=1S/C26H35FO2.C22H37NO3.C6H4BrF.2CH4/c1-25(29)13-11-19-17(15-25)5-8-21-20(19)12-14-26(2)22(21)9-10-23(26)24(28)16-3-6-18(27)7-4-16;1-21(25)11-9-15-14(13-21)5-6-17-16(15)10-12-22(2)18(17)7-8-19(22)20(24)23(3)26-4;7-5-1-3-6(8)4-2-5;;/h3-4,6-7,17,19-23,29H,5,8-15H2,1-2H3;14-19,25H,5-13H2,1-4H3;1-4H;2*1H4/t17-,19+,20-,21-,22+,23-,25-,26+;14-,15+,16-,17-,18+,19-,21-,22+;;;/m11.../s1. The maximum Gasteiger partial charge on any atom is 0.249 e. The van der Waals surface area contributed by atoms with E-state index in [-0.39, 0.29) is 60.8 Å². The van der Waals surface area contributed by atoms with Gasteiger partial charge in [0.15, 0.2) is 5.78 Å². The van der Waals surface area contributed by atoms with Crippen molar-refractivity contribution in [1.29, 1.82) is 0 Å². The van der Waals surface area contributed by atoms with Gasteiger partial charge in [-0.25, -0.2) is 13.8 Å². The van der Waals surface area contributed by atoms with Crippen molar-refractivity contribution in [2.24, 2.45) is 81.8 Å². The first-order valence-electron chi connectivity index (χ1n) is 24.8. The highest BCUT2D eigenvalue weighted by molar-refractivity contribution is 9.10. The van der Waals surface area contributed by atoms with E-state index in [2.05, 4.69) is 29.8 Å². The number of benzene rings is 2. The Labute approximate surface area is 399 Å². The minimum atomic E-state index is -0.461. The van der Waals surface area contributed by atoms with Crippen LogP contribution in [0.15, 0.2) is 53.0 Å². The lowest BCUT2D eigenvalue weighted by atomic mass is 9.49. The van der Waals surface area contributed by atoms with Crippen molar-refractivity contribution < 1.29 is 33.4 Å². The number of aliphatic hydroxyl groups is 2. The Morgan fingerprint density at radius 3 is 1.45 bits per heavy atom. The molecule has 0 heterocycles. The zero-order chi connectivity index (χ0) is 45.1. The van der Waals surface area contributed by atoms with E-state index >= 15 is 0 Å². The molecule has 16 atom stereocenters. The number of fused-ring (bicyclic) bond motifs is 10. The quantitative estimate of drug-likeness (QED) is 0.235. The lowest BCUT2D eigenvalue weighted by Crippen LogP contribution is -2.51. The second kappa shape index (κ2) is 20.4. The number of amides is 1. The molecule has 65 heavy (non-hydrogen) atoms. The van der Waals surface area contributed by atoms with Gasteiger partial charge in [0.25, 0.3) is 0 Å². The summed E-state index contributed by atoms with van der Waals surface area (Å²) in [7, 11) is 3.34. The van der Waals surface area contributed by atoms with Crippen LogP contribution >= 0.6 is 15.9 Å². The minimum Gasteiger partial charge on any atom is -0.390 e. The molecule has 10 rings (SSSR count).